The van der Waals surface area contributed by atoms with Crippen molar-refractivity contribution in [3.63, 3.8) is 0 Å². The zero-order valence-electron chi connectivity index (χ0n) is 9.16. The summed E-state index contributed by atoms with van der Waals surface area (Å²) in [6.07, 6.45) is 0.748. The van der Waals surface area contributed by atoms with Gasteiger partial charge in [0.1, 0.15) is 30.8 Å². The van der Waals surface area contributed by atoms with Gasteiger partial charge in [-0.05, 0) is 18.6 Å². The van der Waals surface area contributed by atoms with Gasteiger partial charge in [-0.1, -0.05) is 26.3 Å². The van der Waals surface area contributed by atoms with Crippen LogP contribution in [0.2, 0.25) is 0 Å². The molecule has 0 radical (unpaired) electrons. The summed E-state index contributed by atoms with van der Waals surface area (Å²) in [6, 6.07) is 0. The van der Waals surface area contributed by atoms with Crippen molar-refractivity contribution < 1.29 is 14.6 Å². The molecule has 0 aliphatic carbocycles. The van der Waals surface area contributed by atoms with E-state index in [-0.39, 0.29) is 13.2 Å². The van der Waals surface area contributed by atoms with Crippen LogP contribution < -0.4 is 0 Å². The summed E-state index contributed by atoms with van der Waals surface area (Å²) in [5, 5.41) is 9.43. The molecule has 0 saturated carbocycles. The van der Waals surface area contributed by atoms with Gasteiger partial charge in [-0.2, -0.15) is 0 Å². The third-order valence-electron chi connectivity index (χ3n) is 1.61. The van der Waals surface area contributed by atoms with E-state index < -0.39 is 6.10 Å². The minimum absolute atomic E-state index is 0.119. The molecule has 0 saturated heterocycles. The highest BCUT2D eigenvalue weighted by molar-refractivity contribution is 5.15. The van der Waals surface area contributed by atoms with Crippen LogP contribution in [0.15, 0.2) is 49.5 Å². The van der Waals surface area contributed by atoms with Crippen LogP contribution in [-0.4, -0.2) is 24.4 Å². The van der Waals surface area contributed by atoms with Gasteiger partial charge in [0, 0.05) is 0 Å². The fraction of sp³-hybridized carbons (Fsp3) is 0.333. The minimum atomic E-state index is -0.724. The van der Waals surface area contributed by atoms with E-state index in [1.165, 1.54) is 6.08 Å². The minimum Gasteiger partial charge on any atom is -0.491 e. The quantitative estimate of drug-likeness (QED) is 0.493. The Morgan fingerprint density at radius 3 is 2.27 bits per heavy atom. The molecule has 0 bridgehead atoms. The molecule has 3 heteroatoms. The molecule has 0 aromatic heterocycles. The highest BCUT2D eigenvalue weighted by Gasteiger charge is 2.06. The fourth-order valence-corrected chi connectivity index (χ4v) is 0.630. The van der Waals surface area contributed by atoms with E-state index in [0.717, 1.165) is 5.57 Å². The average molecular weight is 210 g/mol. The van der Waals surface area contributed by atoms with Gasteiger partial charge in [-0.25, -0.2) is 0 Å². The van der Waals surface area contributed by atoms with Crippen molar-refractivity contribution in [3.05, 3.63) is 49.5 Å². The highest BCUT2D eigenvalue weighted by atomic mass is 16.5. The Balaban J connectivity index is 3.70. The molecule has 15 heavy (non-hydrogen) atoms. The van der Waals surface area contributed by atoms with E-state index in [1.54, 1.807) is 6.92 Å². The predicted octanol–water partition coefficient (Wildman–Crippen LogP) is 2.17. The normalized spacial score (nSPS) is 11.3. The predicted molar refractivity (Wildman–Crippen MR) is 61.2 cm³/mol. The molecular formula is C12H18O3. The summed E-state index contributed by atoms with van der Waals surface area (Å²) in [6.45, 7) is 16.3. The molecule has 1 N–H and O–H groups in total. The van der Waals surface area contributed by atoms with Crippen LogP contribution in [0, 0.1) is 0 Å². The van der Waals surface area contributed by atoms with Crippen molar-refractivity contribution in [1.29, 1.82) is 0 Å². The van der Waals surface area contributed by atoms with Crippen molar-refractivity contribution in [1.82, 2.24) is 0 Å². The molecule has 0 heterocycles. The largest absolute Gasteiger partial charge is 0.491 e. The van der Waals surface area contributed by atoms with Crippen molar-refractivity contribution in [2.24, 2.45) is 0 Å². The van der Waals surface area contributed by atoms with Gasteiger partial charge in [0.25, 0.3) is 0 Å². The molecule has 3 nitrogen and oxygen atoms in total. The fourth-order valence-electron chi connectivity index (χ4n) is 0.630. The van der Waals surface area contributed by atoms with Crippen LogP contribution >= 0.6 is 0 Å². The first-order chi connectivity index (χ1) is 6.97. The number of rotatable bonds is 8. The number of aliphatic hydroxyl groups is 1. The molecule has 0 rings (SSSR count). The average Bonchev–Trinajstić information content (AvgIpc) is 2.21. The second kappa shape index (κ2) is 6.90. The zero-order chi connectivity index (χ0) is 11.8. The first kappa shape index (κ1) is 13.5. The van der Waals surface area contributed by atoms with Crippen LogP contribution in [0.5, 0.6) is 0 Å². The van der Waals surface area contributed by atoms with Crippen molar-refractivity contribution in [3.8, 4) is 0 Å². The second-order valence-corrected chi connectivity index (χ2v) is 3.15. The maximum Gasteiger partial charge on any atom is 0.122 e. The number of hydrogen-bond donors (Lipinski definition) is 1. The summed E-state index contributed by atoms with van der Waals surface area (Å²) in [5.41, 5.74) is 0.735. The molecule has 0 spiro atoms. The summed E-state index contributed by atoms with van der Waals surface area (Å²) >= 11 is 0. The lowest BCUT2D eigenvalue weighted by atomic mass is 10.3. The van der Waals surface area contributed by atoms with Gasteiger partial charge in [0.15, 0.2) is 0 Å². The Morgan fingerprint density at radius 2 is 1.80 bits per heavy atom. The van der Waals surface area contributed by atoms with E-state index in [9.17, 15) is 5.11 Å². The van der Waals surface area contributed by atoms with Crippen LogP contribution in [0.4, 0.5) is 0 Å². The molecular weight excluding hydrogens is 192 g/mol. The third-order valence-corrected chi connectivity index (χ3v) is 1.61. The summed E-state index contributed by atoms with van der Waals surface area (Å²) in [4.78, 5) is 0. The van der Waals surface area contributed by atoms with Crippen molar-refractivity contribution in [2.75, 3.05) is 13.2 Å². The Bertz CT molecular complexity index is 266. The third kappa shape index (κ3) is 6.57. The SMILES string of the molecule is C=CC(=C)OCC(O)COC(=C)C(=C)C. The Hall–Kier alpha value is -1.48. The van der Waals surface area contributed by atoms with Gasteiger partial charge < -0.3 is 14.6 Å². The monoisotopic (exact) mass is 210 g/mol. The number of aliphatic hydroxyl groups excluding tert-OH is 1. The zero-order valence-corrected chi connectivity index (χ0v) is 9.16. The molecule has 1 unspecified atom stereocenters. The molecule has 1 atom stereocenters. The van der Waals surface area contributed by atoms with Crippen molar-refractivity contribution in [2.45, 2.75) is 13.0 Å². The van der Waals surface area contributed by atoms with E-state index in [4.69, 9.17) is 9.47 Å². The number of allylic oxidation sites excluding steroid dienone is 2. The Labute approximate surface area is 91.0 Å². The van der Waals surface area contributed by atoms with Crippen LogP contribution in [0.3, 0.4) is 0 Å². The molecule has 0 fully saturated rings. The molecule has 0 aromatic carbocycles. The summed E-state index contributed by atoms with van der Waals surface area (Å²) in [5.74, 6) is 0.893. The molecule has 0 aliphatic heterocycles. The summed E-state index contributed by atoms with van der Waals surface area (Å²) in [7, 11) is 0. The van der Waals surface area contributed by atoms with Gasteiger partial charge in [0.2, 0.25) is 0 Å². The van der Waals surface area contributed by atoms with E-state index in [0.29, 0.717) is 11.5 Å². The lowest BCUT2D eigenvalue weighted by Gasteiger charge is -2.14. The maximum atomic E-state index is 9.43. The Kier molecular flexibility index (Phi) is 6.22. The first-order valence-corrected chi connectivity index (χ1v) is 4.57. The van der Waals surface area contributed by atoms with Gasteiger partial charge in [-0.3, -0.25) is 0 Å². The molecule has 84 valence electrons. The van der Waals surface area contributed by atoms with Crippen molar-refractivity contribution >= 4 is 0 Å². The highest BCUT2D eigenvalue weighted by Crippen LogP contribution is 2.06. The number of hydrogen-bond acceptors (Lipinski definition) is 3. The van der Waals surface area contributed by atoms with Crippen LogP contribution in [0.25, 0.3) is 0 Å². The van der Waals surface area contributed by atoms with Gasteiger partial charge >= 0.3 is 0 Å². The molecule has 0 aliphatic rings. The van der Waals surface area contributed by atoms with Gasteiger partial charge in [-0.15, -0.1) is 0 Å². The second-order valence-electron chi connectivity index (χ2n) is 3.15. The molecule has 0 amide bonds. The van der Waals surface area contributed by atoms with Crippen LogP contribution in [0.1, 0.15) is 6.92 Å². The smallest absolute Gasteiger partial charge is 0.122 e. The van der Waals surface area contributed by atoms with E-state index in [2.05, 4.69) is 26.3 Å². The summed E-state index contributed by atoms with van der Waals surface area (Å²) < 4.78 is 10.2. The maximum absolute atomic E-state index is 9.43. The van der Waals surface area contributed by atoms with Gasteiger partial charge in [0.05, 0.1) is 0 Å². The lowest BCUT2D eigenvalue weighted by Crippen LogP contribution is -2.21. The van der Waals surface area contributed by atoms with E-state index >= 15 is 0 Å². The molecule has 0 aromatic rings. The topological polar surface area (TPSA) is 38.7 Å². The van der Waals surface area contributed by atoms with Crippen LogP contribution in [-0.2, 0) is 9.47 Å². The first-order valence-electron chi connectivity index (χ1n) is 4.57. The standard InChI is InChI=1S/C12H18O3/c1-6-10(4)14-7-12(13)8-15-11(5)9(2)3/h6,12-13H,1-2,4-5,7-8H2,3H3. The lowest BCUT2D eigenvalue weighted by molar-refractivity contribution is 0.0224. The Morgan fingerprint density at radius 1 is 1.27 bits per heavy atom. The number of ether oxygens (including phenoxy) is 2. The van der Waals surface area contributed by atoms with E-state index in [1.807, 2.05) is 0 Å².